The quantitative estimate of drug-likeness (QED) is 0.346. The largest absolute Gasteiger partial charge is 0.494 e. The summed E-state index contributed by atoms with van der Waals surface area (Å²) in [6, 6.07) is 27.5. The van der Waals surface area contributed by atoms with Crippen LogP contribution in [0, 0.1) is 0 Å². The molecule has 0 unspecified atom stereocenters. The van der Waals surface area contributed by atoms with Crippen LogP contribution in [-0.4, -0.2) is 24.0 Å². The molecule has 0 aliphatic rings. The minimum Gasteiger partial charge on any atom is -0.494 e. The van der Waals surface area contributed by atoms with Crippen LogP contribution in [0.25, 0.3) is 0 Å². The van der Waals surface area contributed by atoms with Crippen molar-refractivity contribution in [3.8, 4) is 11.5 Å². The predicted molar refractivity (Wildman–Crippen MR) is 124 cm³/mol. The molecule has 3 aromatic rings. The van der Waals surface area contributed by atoms with Crippen LogP contribution in [0.4, 0.5) is 0 Å². The Morgan fingerprint density at radius 2 is 1.23 bits per heavy atom. The normalized spacial score (nSPS) is 10.5. The molecule has 0 radical (unpaired) electrons. The summed E-state index contributed by atoms with van der Waals surface area (Å²) in [5, 5.41) is 0. The number of unbranched alkanes of at least 4 members (excludes halogenated alkanes) is 2. The van der Waals surface area contributed by atoms with Crippen LogP contribution >= 0.6 is 0 Å². The molecule has 0 atom stereocenters. The molecule has 0 fully saturated rings. The van der Waals surface area contributed by atoms with Crippen molar-refractivity contribution in [3.63, 3.8) is 0 Å². The lowest BCUT2D eigenvalue weighted by Gasteiger charge is -2.23. The van der Waals surface area contributed by atoms with E-state index in [0.717, 1.165) is 29.9 Å². The van der Waals surface area contributed by atoms with Crippen LogP contribution in [0.5, 0.6) is 11.5 Å². The summed E-state index contributed by atoms with van der Waals surface area (Å²) in [5.41, 5.74) is 2.19. The molecule has 4 nitrogen and oxygen atoms in total. The number of carbonyl (C=O) groups excluding carboxylic acids is 1. The molecular weight excluding hydrogens is 386 g/mol. The van der Waals surface area contributed by atoms with Crippen molar-refractivity contribution in [2.24, 2.45) is 0 Å². The number of ether oxygens (including phenoxy) is 2. The second kappa shape index (κ2) is 12.4. The fraction of sp³-hybridized carbons (Fsp3) is 0.296. The second-order valence-electron chi connectivity index (χ2n) is 7.54. The summed E-state index contributed by atoms with van der Waals surface area (Å²) in [6.45, 7) is 3.98. The van der Waals surface area contributed by atoms with Crippen LogP contribution in [0.1, 0.15) is 37.3 Å². The van der Waals surface area contributed by atoms with E-state index < -0.39 is 0 Å². The van der Waals surface area contributed by atoms with Gasteiger partial charge < -0.3 is 14.4 Å². The molecule has 0 aliphatic heterocycles. The van der Waals surface area contributed by atoms with Gasteiger partial charge in [-0.25, -0.2) is 0 Å². The van der Waals surface area contributed by atoms with Crippen molar-refractivity contribution < 1.29 is 14.3 Å². The fourth-order valence-electron chi connectivity index (χ4n) is 3.25. The van der Waals surface area contributed by atoms with Crippen molar-refractivity contribution in [3.05, 3.63) is 96.1 Å². The first-order valence-corrected chi connectivity index (χ1v) is 11.0. The third kappa shape index (κ3) is 7.82. The third-order valence-electron chi connectivity index (χ3n) is 4.99. The summed E-state index contributed by atoms with van der Waals surface area (Å²) in [5.74, 6) is 1.44. The van der Waals surface area contributed by atoms with E-state index in [4.69, 9.17) is 9.47 Å². The van der Waals surface area contributed by atoms with Crippen LogP contribution in [-0.2, 0) is 17.9 Å². The molecule has 0 aliphatic carbocycles. The van der Waals surface area contributed by atoms with Crippen molar-refractivity contribution in [2.45, 2.75) is 39.3 Å². The summed E-state index contributed by atoms with van der Waals surface area (Å²) in [6.07, 6.45) is 3.41. The van der Waals surface area contributed by atoms with Gasteiger partial charge >= 0.3 is 0 Å². The molecule has 0 aromatic heterocycles. The zero-order chi connectivity index (χ0) is 21.7. The van der Waals surface area contributed by atoms with Gasteiger partial charge in [0.05, 0.1) is 6.61 Å². The molecule has 4 heteroatoms. The number of hydrogen-bond acceptors (Lipinski definition) is 3. The molecular formula is C27H31NO3. The maximum atomic E-state index is 13.0. The highest BCUT2D eigenvalue weighted by Crippen LogP contribution is 2.18. The Kier molecular flexibility index (Phi) is 8.99. The van der Waals surface area contributed by atoms with Crippen LogP contribution in [0.3, 0.4) is 0 Å². The Labute approximate surface area is 185 Å². The minimum absolute atomic E-state index is 0.00360. The van der Waals surface area contributed by atoms with Gasteiger partial charge in [-0.05, 0) is 41.8 Å². The lowest BCUT2D eigenvalue weighted by molar-refractivity contribution is -0.134. The van der Waals surface area contributed by atoms with Gasteiger partial charge in [0, 0.05) is 13.1 Å². The third-order valence-corrected chi connectivity index (χ3v) is 4.99. The molecule has 3 rings (SSSR count). The maximum Gasteiger partial charge on any atom is 0.261 e. The molecule has 3 aromatic carbocycles. The van der Waals surface area contributed by atoms with Crippen molar-refractivity contribution >= 4 is 5.91 Å². The smallest absolute Gasteiger partial charge is 0.261 e. The van der Waals surface area contributed by atoms with Crippen molar-refractivity contribution in [1.82, 2.24) is 4.90 Å². The number of benzene rings is 3. The van der Waals surface area contributed by atoms with E-state index in [1.165, 1.54) is 12.8 Å². The zero-order valence-electron chi connectivity index (χ0n) is 18.2. The van der Waals surface area contributed by atoms with Gasteiger partial charge in [-0.3, -0.25) is 4.79 Å². The van der Waals surface area contributed by atoms with Gasteiger partial charge in [-0.1, -0.05) is 80.4 Å². The predicted octanol–water partition coefficient (Wildman–Crippen LogP) is 5.86. The topological polar surface area (TPSA) is 38.8 Å². The highest BCUT2D eigenvalue weighted by molar-refractivity contribution is 5.77. The lowest BCUT2D eigenvalue weighted by Crippen LogP contribution is -2.34. The molecule has 0 N–H and O–H groups in total. The van der Waals surface area contributed by atoms with E-state index in [1.54, 1.807) is 0 Å². The Balaban J connectivity index is 1.56. The molecule has 0 heterocycles. The van der Waals surface area contributed by atoms with Crippen LogP contribution in [0.15, 0.2) is 84.9 Å². The molecule has 0 bridgehead atoms. The summed E-state index contributed by atoms with van der Waals surface area (Å²) >= 11 is 0. The minimum atomic E-state index is -0.0485. The molecule has 31 heavy (non-hydrogen) atoms. The van der Waals surface area contributed by atoms with Gasteiger partial charge in [-0.2, -0.15) is 0 Å². The summed E-state index contributed by atoms with van der Waals surface area (Å²) < 4.78 is 11.5. The molecule has 0 saturated carbocycles. The number of hydrogen-bond donors (Lipinski definition) is 0. The first-order valence-electron chi connectivity index (χ1n) is 11.0. The summed E-state index contributed by atoms with van der Waals surface area (Å²) in [4.78, 5) is 14.8. The molecule has 0 spiro atoms. The maximum absolute atomic E-state index is 13.0. The van der Waals surface area contributed by atoms with E-state index in [1.807, 2.05) is 89.8 Å². The van der Waals surface area contributed by atoms with Crippen LogP contribution in [0.2, 0.25) is 0 Å². The number of rotatable bonds is 12. The Morgan fingerprint density at radius 3 is 1.74 bits per heavy atom. The van der Waals surface area contributed by atoms with Gasteiger partial charge in [0.1, 0.15) is 11.5 Å². The molecule has 0 saturated heterocycles. The highest BCUT2D eigenvalue weighted by atomic mass is 16.5. The van der Waals surface area contributed by atoms with Gasteiger partial charge in [0.2, 0.25) is 0 Å². The lowest BCUT2D eigenvalue weighted by atomic mass is 10.1. The van der Waals surface area contributed by atoms with E-state index in [9.17, 15) is 4.79 Å². The number of nitrogens with zero attached hydrogens (tertiary/aromatic N) is 1. The number of carbonyl (C=O) groups is 1. The van der Waals surface area contributed by atoms with Gasteiger partial charge in [0.25, 0.3) is 5.91 Å². The van der Waals surface area contributed by atoms with Crippen molar-refractivity contribution in [2.75, 3.05) is 13.2 Å². The molecule has 1 amide bonds. The fourth-order valence-corrected chi connectivity index (χ4v) is 3.25. The van der Waals surface area contributed by atoms with E-state index in [-0.39, 0.29) is 12.5 Å². The zero-order valence-corrected chi connectivity index (χ0v) is 18.2. The average molecular weight is 418 g/mol. The Morgan fingerprint density at radius 1 is 0.710 bits per heavy atom. The molecule has 162 valence electrons. The van der Waals surface area contributed by atoms with E-state index in [2.05, 4.69) is 6.92 Å². The van der Waals surface area contributed by atoms with Crippen molar-refractivity contribution in [1.29, 1.82) is 0 Å². The Bertz CT molecular complexity index is 853. The van der Waals surface area contributed by atoms with E-state index in [0.29, 0.717) is 18.8 Å². The highest BCUT2D eigenvalue weighted by Gasteiger charge is 2.15. The average Bonchev–Trinajstić information content (AvgIpc) is 2.82. The van der Waals surface area contributed by atoms with Gasteiger partial charge in [-0.15, -0.1) is 0 Å². The van der Waals surface area contributed by atoms with E-state index >= 15 is 0 Å². The SMILES string of the molecule is CCCCCOc1ccc(OCC(=O)N(Cc2ccccc2)Cc2ccccc2)cc1. The summed E-state index contributed by atoms with van der Waals surface area (Å²) in [7, 11) is 0. The first-order chi connectivity index (χ1) is 15.2. The monoisotopic (exact) mass is 417 g/mol. The Hall–Kier alpha value is -3.27. The standard InChI is InChI=1S/C27H31NO3/c1-2-3-10-19-30-25-15-17-26(18-16-25)31-22-27(29)28(20-23-11-6-4-7-12-23)21-24-13-8-5-9-14-24/h4-9,11-18H,2-3,10,19-22H2,1H3. The number of amides is 1. The van der Waals surface area contributed by atoms with Gasteiger partial charge in [0.15, 0.2) is 6.61 Å². The van der Waals surface area contributed by atoms with Crippen LogP contribution < -0.4 is 9.47 Å². The second-order valence-corrected chi connectivity index (χ2v) is 7.54. The first kappa shape index (κ1) is 22.4.